The van der Waals surface area contributed by atoms with E-state index in [1.807, 2.05) is 68.7 Å². The fourth-order valence-corrected chi connectivity index (χ4v) is 10.2. The van der Waals surface area contributed by atoms with Gasteiger partial charge in [0.15, 0.2) is 19.7 Å². The number of ether oxygens (including phenoxy) is 2. The van der Waals surface area contributed by atoms with Crippen LogP contribution in [0.5, 0.6) is 5.75 Å². The van der Waals surface area contributed by atoms with Gasteiger partial charge in [0.25, 0.3) is 11.5 Å². The van der Waals surface area contributed by atoms with Crippen LogP contribution in [0.15, 0.2) is 76.3 Å². The van der Waals surface area contributed by atoms with Crippen LogP contribution in [-0.4, -0.2) is 63.5 Å². The Hall–Kier alpha value is -3.62. The molecule has 2 aromatic heterocycles. The normalized spacial score (nSPS) is 22.5. The lowest BCUT2D eigenvalue weighted by atomic mass is 9.82. The van der Waals surface area contributed by atoms with Crippen molar-refractivity contribution in [2.75, 3.05) is 18.6 Å². The number of carbonyl (C=O) groups excluding carboxylic acids is 1. The summed E-state index contributed by atoms with van der Waals surface area (Å²) in [7, 11) is -1.37. The third-order valence-corrected chi connectivity index (χ3v) is 12.2. The molecule has 1 fully saturated rings. The van der Waals surface area contributed by atoms with Gasteiger partial charge in [-0.1, -0.05) is 40.2 Å². The molecule has 1 spiro atoms. The molecular formula is C33H38BrN5O6Si. The molecule has 1 amide bonds. The Balaban J connectivity index is 1.34. The van der Waals surface area contributed by atoms with E-state index < -0.39 is 20.0 Å². The van der Waals surface area contributed by atoms with Gasteiger partial charge in [0.05, 0.1) is 31.1 Å². The van der Waals surface area contributed by atoms with Crippen molar-refractivity contribution in [1.29, 1.82) is 0 Å². The van der Waals surface area contributed by atoms with Crippen LogP contribution < -0.4 is 15.2 Å². The van der Waals surface area contributed by atoms with Gasteiger partial charge < -0.3 is 24.3 Å². The molecule has 2 N–H and O–H groups in total. The van der Waals surface area contributed by atoms with Crippen LogP contribution in [0.3, 0.4) is 0 Å². The number of rotatable bonds is 10. The summed E-state index contributed by atoms with van der Waals surface area (Å²) in [6.45, 7) is 6.58. The van der Waals surface area contributed by atoms with E-state index in [0.717, 1.165) is 21.3 Å². The summed E-state index contributed by atoms with van der Waals surface area (Å²) in [5, 5.41) is 17.6. The zero-order valence-electron chi connectivity index (χ0n) is 26.3. The van der Waals surface area contributed by atoms with Crippen molar-refractivity contribution in [2.24, 2.45) is 5.92 Å². The third-order valence-electron chi connectivity index (χ3n) is 9.20. The van der Waals surface area contributed by atoms with Crippen LogP contribution in [0, 0.1) is 5.92 Å². The fourth-order valence-electron chi connectivity index (χ4n) is 7.23. The minimum Gasteiger partial charge on any atom is -0.491 e. The quantitative estimate of drug-likeness (QED) is 0.235. The van der Waals surface area contributed by atoms with Crippen molar-refractivity contribution in [1.82, 2.24) is 19.6 Å². The van der Waals surface area contributed by atoms with Gasteiger partial charge in [-0.05, 0) is 67.5 Å². The number of aliphatic hydroxyl groups is 1. The molecule has 2 aromatic carbocycles. The minimum absolute atomic E-state index is 0.00572. The van der Waals surface area contributed by atoms with Gasteiger partial charge >= 0.3 is 0 Å². The van der Waals surface area contributed by atoms with Gasteiger partial charge in [-0.25, -0.2) is 0 Å². The standard InChI is InChI=1S/C33H38BrN5O6Si/c1-21-30(46(3,4)43)28(12-15-37-20-24(13-16-40)35-36-37)45-33(21)26-18-23(34)10-11-27(26)39(32(33)42)19-22-7-5-8-25(17-22)38-14-6-9-29(44-2)31(38)41/h5-11,14,17-18,20-21,28,30,40,43H,12-13,15-16,19H2,1-4H3/t21-,28+,30-,33+/m0/s1. The second kappa shape index (κ2) is 12.5. The highest BCUT2D eigenvalue weighted by molar-refractivity contribution is 9.10. The topological polar surface area (TPSA) is 132 Å². The van der Waals surface area contributed by atoms with E-state index in [1.165, 1.54) is 11.7 Å². The number of aliphatic hydroxyl groups excluding tert-OH is 1. The summed E-state index contributed by atoms with van der Waals surface area (Å²) < 4.78 is 16.2. The second-order valence-electron chi connectivity index (χ2n) is 12.6. The lowest BCUT2D eigenvalue weighted by molar-refractivity contribution is -0.146. The average Bonchev–Trinajstić information content (AvgIpc) is 3.66. The number of benzene rings is 2. The molecule has 2 aliphatic rings. The number of amides is 1. The van der Waals surface area contributed by atoms with Gasteiger partial charge in [-0.3, -0.25) is 18.8 Å². The zero-order valence-corrected chi connectivity index (χ0v) is 28.8. The fraction of sp³-hybridized carbons (Fsp3) is 0.394. The lowest BCUT2D eigenvalue weighted by Gasteiger charge is -2.32. The zero-order chi connectivity index (χ0) is 32.8. The maximum atomic E-state index is 14.8. The number of aromatic nitrogens is 4. The molecule has 1 saturated heterocycles. The summed E-state index contributed by atoms with van der Waals surface area (Å²) in [6.07, 6.45) is 4.06. The molecule has 0 unspecified atom stereocenters. The van der Waals surface area contributed by atoms with Crippen LogP contribution in [0.2, 0.25) is 18.6 Å². The molecule has 4 heterocycles. The number of aryl methyl sites for hydroxylation is 1. The Labute approximate surface area is 276 Å². The molecule has 0 radical (unpaired) electrons. The number of halogens is 1. The molecule has 6 rings (SSSR count). The van der Waals surface area contributed by atoms with Crippen LogP contribution >= 0.6 is 15.9 Å². The van der Waals surface area contributed by atoms with E-state index in [0.29, 0.717) is 30.8 Å². The predicted octanol–water partition coefficient (Wildman–Crippen LogP) is 4.17. The van der Waals surface area contributed by atoms with E-state index in [-0.39, 0.29) is 41.8 Å². The first kappa shape index (κ1) is 32.3. The predicted molar refractivity (Wildman–Crippen MR) is 179 cm³/mol. The first-order chi connectivity index (χ1) is 22.0. The molecule has 4 aromatic rings. The van der Waals surface area contributed by atoms with Crippen molar-refractivity contribution in [2.45, 2.75) is 63.2 Å². The van der Waals surface area contributed by atoms with E-state index in [1.54, 1.807) is 27.9 Å². The highest BCUT2D eigenvalue weighted by Crippen LogP contribution is 2.60. The Morgan fingerprint density at radius 2 is 1.93 bits per heavy atom. The summed E-state index contributed by atoms with van der Waals surface area (Å²) in [4.78, 5) is 41.1. The van der Waals surface area contributed by atoms with Crippen molar-refractivity contribution in [3.63, 3.8) is 0 Å². The van der Waals surface area contributed by atoms with Gasteiger partial charge in [-0.15, -0.1) is 5.10 Å². The molecule has 13 heteroatoms. The number of anilines is 1. The number of nitrogens with zero attached hydrogens (tertiary/aromatic N) is 5. The molecule has 0 saturated carbocycles. The van der Waals surface area contributed by atoms with Crippen LogP contribution in [0.4, 0.5) is 5.69 Å². The smallest absolute Gasteiger partial charge is 0.297 e. The number of hydrogen-bond acceptors (Lipinski definition) is 8. The minimum atomic E-state index is -2.84. The second-order valence-corrected chi connectivity index (χ2v) is 17.5. The Kier molecular flexibility index (Phi) is 8.80. The van der Waals surface area contributed by atoms with Crippen molar-refractivity contribution in [3.8, 4) is 11.4 Å². The van der Waals surface area contributed by atoms with Crippen molar-refractivity contribution in [3.05, 3.63) is 98.6 Å². The molecule has 4 atom stereocenters. The average molecular weight is 709 g/mol. The highest BCUT2D eigenvalue weighted by atomic mass is 79.9. The van der Waals surface area contributed by atoms with Gasteiger partial charge in [0, 0.05) is 59.1 Å². The first-order valence-corrected chi connectivity index (χ1v) is 19.2. The van der Waals surface area contributed by atoms with Gasteiger partial charge in [-0.2, -0.15) is 0 Å². The van der Waals surface area contributed by atoms with E-state index in [2.05, 4.69) is 26.2 Å². The molecular weight excluding hydrogens is 670 g/mol. The number of hydrogen-bond donors (Lipinski definition) is 2. The molecule has 46 heavy (non-hydrogen) atoms. The largest absolute Gasteiger partial charge is 0.491 e. The van der Waals surface area contributed by atoms with Crippen LogP contribution in [0.1, 0.15) is 30.2 Å². The third kappa shape index (κ3) is 5.64. The van der Waals surface area contributed by atoms with Crippen molar-refractivity contribution < 1.29 is 24.2 Å². The monoisotopic (exact) mass is 707 g/mol. The summed E-state index contributed by atoms with van der Waals surface area (Å²) in [6, 6.07) is 16.7. The SMILES string of the molecule is COc1cccn(-c2cccc(CN3C(=O)[C@]4(O[C@H](CCn5cc(CCO)nn5)[C@@H]([Si](C)(C)O)[C@@H]4C)c4cc(Br)ccc43)c2)c1=O. The maximum Gasteiger partial charge on any atom is 0.297 e. The maximum absolute atomic E-state index is 14.8. The molecule has 0 aliphatic carbocycles. The molecule has 0 bridgehead atoms. The highest BCUT2D eigenvalue weighted by Gasteiger charge is 2.66. The van der Waals surface area contributed by atoms with Gasteiger partial charge in [0.1, 0.15) is 0 Å². The summed E-state index contributed by atoms with van der Waals surface area (Å²) in [5.74, 6) is -0.240. The van der Waals surface area contributed by atoms with E-state index >= 15 is 0 Å². The Morgan fingerprint density at radius 1 is 1.13 bits per heavy atom. The number of pyridine rings is 1. The van der Waals surface area contributed by atoms with E-state index in [9.17, 15) is 19.5 Å². The Bertz CT molecular complexity index is 1820. The number of carbonyl (C=O) groups is 1. The number of fused-ring (bicyclic) bond motifs is 2. The summed E-state index contributed by atoms with van der Waals surface area (Å²) in [5.41, 5.74) is 1.94. The molecule has 11 nitrogen and oxygen atoms in total. The Morgan fingerprint density at radius 3 is 2.67 bits per heavy atom. The molecule has 242 valence electrons. The van der Waals surface area contributed by atoms with E-state index in [4.69, 9.17) is 9.47 Å². The van der Waals surface area contributed by atoms with Crippen molar-refractivity contribution >= 4 is 35.8 Å². The van der Waals surface area contributed by atoms with Crippen LogP contribution in [0.25, 0.3) is 5.69 Å². The number of methoxy groups -OCH3 is 1. The van der Waals surface area contributed by atoms with Crippen LogP contribution in [-0.2, 0) is 34.6 Å². The lowest BCUT2D eigenvalue weighted by Crippen LogP contribution is -2.46. The summed E-state index contributed by atoms with van der Waals surface area (Å²) >= 11 is 3.62. The first-order valence-electron chi connectivity index (χ1n) is 15.3. The molecule has 2 aliphatic heterocycles. The van der Waals surface area contributed by atoms with Gasteiger partial charge in [0.2, 0.25) is 0 Å².